The normalized spacial score (nSPS) is 12.2. The first-order chi connectivity index (χ1) is 9.45. The molecule has 0 saturated heterocycles. The van der Waals surface area contributed by atoms with Crippen LogP contribution in [0.15, 0.2) is 24.3 Å². The Labute approximate surface area is 118 Å². The summed E-state index contributed by atoms with van der Waals surface area (Å²) < 4.78 is 4.76. The van der Waals surface area contributed by atoms with Crippen LogP contribution in [0, 0.1) is 5.92 Å². The second-order valence-electron chi connectivity index (χ2n) is 5.05. The summed E-state index contributed by atoms with van der Waals surface area (Å²) in [6.45, 7) is 4.35. The number of rotatable bonds is 7. The fourth-order valence-electron chi connectivity index (χ4n) is 1.99. The highest BCUT2D eigenvalue weighted by Crippen LogP contribution is 2.11. The van der Waals surface area contributed by atoms with Gasteiger partial charge in [0, 0.05) is 6.54 Å². The zero-order valence-corrected chi connectivity index (χ0v) is 12.1. The third-order valence-electron chi connectivity index (χ3n) is 2.98. The number of nitrogens with one attached hydrogen (secondary N) is 1. The van der Waals surface area contributed by atoms with Crippen molar-refractivity contribution >= 4 is 11.9 Å². The van der Waals surface area contributed by atoms with Crippen molar-refractivity contribution in [2.45, 2.75) is 32.9 Å². The van der Waals surface area contributed by atoms with Crippen molar-refractivity contribution in [2.75, 3.05) is 7.11 Å². The summed E-state index contributed by atoms with van der Waals surface area (Å²) in [6.07, 6.45) is 0.641. The molecule has 1 aromatic rings. The standard InChI is InChI=1S/C15H21NO4/c1-10(2)8-13(15(19)20-3)16-9-11-6-4-5-7-12(11)14(17)18/h4-7,10,13,16H,8-9H2,1-3H3,(H,17,18). The molecule has 0 fully saturated rings. The number of carboxylic acid groups (broad SMARTS) is 1. The van der Waals surface area contributed by atoms with Crippen molar-refractivity contribution in [3.05, 3.63) is 35.4 Å². The van der Waals surface area contributed by atoms with E-state index in [0.717, 1.165) is 0 Å². The average molecular weight is 279 g/mol. The summed E-state index contributed by atoms with van der Waals surface area (Å²) in [5.41, 5.74) is 0.894. The number of carbonyl (C=O) groups is 2. The summed E-state index contributed by atoms with van der Waals surface area (Å²) >= 11 is 0. The van der Waals surface area contributed by atoms with Gasteiger partial charge in [-0.05, 0) is 24.0 Å². The first-order valence-electron chi connectivity index (χ1n) is 6.58. The maximum absolute atomic E-state index is 11.7. The number of hydrogen-bond acceptors (Lipinski definition) is 4. The highest BCUT2D eigenvalue weighted by molar-refractivity contribution is 5.89. The number of aromatic carboxylic acids is 1. The topological polar surface area (TPSA) is 75.6 Å². The van der Waals surface area contributed by atoms with E-state index >= 15 is 0 Å². The van der Waals surface area contributed by atoms with Gasteiger partial charge in [-0.1, -0.05) is 32.0 Å². The van der Waals surface area contributed by atoms with E-state index in [9.17, 15) is 9.59 Å². The smallest absolute Gasteiger partial charge is 0.336 e. The highest BCUT2D eigenvalue weighted by Gasteiger charge is 2.20. The quantitative estimate of drug-likeness (QED) is 0.747. The summed E-state index contributed by atoms with van der Waals surface area (Å²) in [7, 11) is 1.35. The summed E-state index contributed by atoms with van der Waals surface area (Å²) in [5, 5.41) is 12.2. The summed E-state index contributed by atoms with van der Waals surface area (Å²) in [4.78, 5) is 22.8. The molecule has 5 heteroatoms. The molecule has 0 bridgehead atoms. The Morgan fingerprint density at radius 1 is 1.30 bits per heavy atom. The molecule has 1 aromatic carbocycles. The molecule has 5 nitrogen and oxygen atoms in total. The van der Waals surface area contributed by atoms with E-state index in [4.69, 9.17) is 9.84 Å². The van der Waals surface area contributed by atoms with Crippen LogP contribution in [-0.4, -0.2) is 30.2 Å². The lowest BCUT2D eigenvalue weighted by Crippen LogP contribution is -2.38. The zero-order chi connectivity index (χ0) is 15.1. The van der Waals surface area contributed by atoms with Crippen LogP contribution in [-0.2, 0) is 16.1 Å². The molecule has 110 valence electrons. The Morgan fingerprint density at radius 3 is 2.50 bits per heavy atom. The van der Waals surface area contributed by atoms with Crippen molar-refractivity contribution in [3.8, 4) is 0 Å². The molecular formula is C15H21NO4. The van der Waals surface area contributed by atoms with Gasteiger partial charge in [0.05, 0.1) is 12.7 Å². The van der Waals surface area contributed by atoms with E-state index in [1.54, 1.807) is 24.3 Å². The van der Waals surface area contributed by atoms with Crippen molar-refractivity contribution in [1.29, 1.82) is 0 Å². The molecule has 0 saturated carbocycles. The van der Waals surface area contributed by atoms with Crippen LogP contribution in [0.25, 0.3) is 0 Å². The van der Waals surface area contributed by atoms with Crippen molar-refractivity contribution in [1.82, 2.24) is 5.32 Å². The predicted molar refractivity (Wildman–Crippen MR) is 75.5 cm³/mol. The van der Waals surface area contributed by atoms with Crippen molar-refractivity contribution in [2.24, 2.45) is 5.92 Å². The molecule has 2 N–H and O–H groups in total. The van der Waals surface area contributed by atoms with Crippen LogP contribution in [0.5, 0.6) is 0 Å². The fraction of sp³-hybridized carbons (Fsp3) is 0.467. The molecule has 0 amide bonds. The summed E-state index contributed by atoms with van der Waals surface area (Å²) in [5.74, 6) is -0.964. The van der Waals surface area contributed by atoms with Gasteiger partial charge in [-0.15, -0.1) is 0 Å². The minimum absolute atomic E-state index is 0.244. The van der Waals surface area contributed by atoms with E-state index in [-0.39, 0.29) is 11.5 Å². The Kier molecular flexibility index (Phi) is 6.18. The number of carbonyl (C=O) groups excluding carboxylic acids is 1. The fourth-order valence-corrected chi connectivity index (χ4v) is 1.99. The molecule has 0 radical (unpaired) electrons. The SMILES string of the molecule is COC(=O)C(CC(C)C)NCc1ccccc1C(=O)O. The maximum Gasteiger partial charge on any atom is 0.336 e. The Bertz CT molecular complexity index is 471. The second kappa shape index (κ2) is 7.65. The lowest BCUT2D eigenvalue weighted by molar-refractivity contribution is -0.143. The number of hydrogen-bond donors (Lipinski definition) is 2. The molecule has 1 rings (SSSR count). The van der Waals surface area contributed by atoms with Gasteiger partial charge < -0.3 is 15.2 Å². The lowest BCUT2D eigenvalue weighted by atomic mass is 10.0. The van der Waals surface area contributed by atoms with Crippen LogP contribution in [0.1, 0.15) is 36.2 Å². The van der Waals surface area contributed by atoms with Gasteiger partial charge in [0.2, 0.25) is 0 Å². The van der Waals surface area contributed by atoms with E-state index in [1.807, 2.05) is 13.8 Å². The van der Waals surface area contributed by atoms with Crippen LogP contribution < -0.4 is 5.32 Å². The molecule has 0 aliphatic rings. The second-order valence-corrected chi connectivity index (χ2v) is 5.05. The highest BCUT2D eigenvalue weighted by atomic mass is 16.5. The minimum atomic E-state index is -0.971. The maximum atomic E-state index is 11.7. The monoisotopic (exact) mass is 279 g/mol. The van der Waals surface area contributed by atoms with Gasteiger partial charge in [-0.2, -0.15) is 0 Å². The van der Waals surface area contributed by atoms with Crippen molar-refractivity contribution in [3.63, 3.8) is 0 Å². The zero-order valence-electron chi connectivity index (χ0n) is 12.1. The van der Waals surface area contributed by atoms with Crippen LogP contribution >= 0.6 is 0 Å². The molecule has 20 heavy (non-hydrogen) atoms. The molecule has 0 aliphatic carbocycles. The van der Waals surface area contributed by atoms with Gasteiger partial charge in [0.1, 0.15) is 6.04 Å². The largest absolute Gasteiger partial charge is 0.478 e. The first kappa shape index (κ1) is 16.2. The van der Waals surface area contributed by atoms with Gasteiger partial charge >= 0.3 is 11.9 Å². The number of ether oxygens (including phenoxy) is 1. The first-order valence-corrected chi connectivity index (χ1v) is 6.58. The number of methoxy groups -OCH3 is 1. The van der Waals surface area contributed by atoms with E-state index in [2.05, 4.69) is 5.32 Å². The van der Waals surface area contributed by atoms with Crippen LogP contribution in [0.2, 0.25) is 0 Å². The van der Waals surface area contributed by atoms with Gasteiger partial charge in [0.25, 0.3) is 0 Å². The van der Waals surface area contributed by atoms with Crippen molar-refractivity contribution < 1.29 is 19.4 Å². The van der Waals surface area contributed by atoms with E-state index in [1.165, 1.54) is 7.11 Å². The average Bonchev–Trinajstić information content (AvgIpc) is 2.42. The van der Waals surface area contributed by atoms with E-state index in [0.29, 0.717) is 24.4 Å². The van der Waals surface area contributed by atoms with Crippen LogP contribution in [0.4, 0.5) is 0 Å². The third kappa shape index (κ3) is 4.66. The number of esters is 1. The molecule has 0 aliphatic heterocycles. The molecular weight excluding hydrogens is 258 g/mol. The minimum Gasteiger partial charge on any atom is -0.478 e. The molecule has 0 aromatic heterocycles. The molecule has 0 spiro atoms. The Balaban J connectivity index is 2.77. The molecule has 1 unspecified atom stereocenters. The number of carboxylic acids is 1. The molecule has 1 atom stereocenters. The Hall–Kier alpha value is -1.88. The van der Waals surface area contributed by atoms with Gasteiger partial charge in [0.15, 0.2) is 0 Å². The number of benzene rings is 1. The lowest BCUT2D eigenvalue weighted by Gasteiger charge is -2.18. The Morgan fingerprint density at radius 2 is 1.95 bits per heavy atom. The van der Waals surface area contributed by atoms with E-state index < -0.39 is 12.0 Å². The van der Waals surface area contributed by atoms with Gasteiger partial charge in [-0.25, -0.2) is 4.79 Å². The summed E-state index contributed by atoms with van der Waals surface area (Å²) in [6, 6.07) is 6.31. The van der Waals surface area contributed by atoms with Crippen LogP contribution in [0.3, 0.4) is 0 Å². The molecule has 0 heterocycles. The van der Waals surface area contributed by atoms with Gasteiger partial charge in [-0.3, -0.25) is 4.79 Å². The third-order valence-corrected chi connectivity index (χ3v) is 2.98. The predicted octanol–water partition coefficient (Wildman–Crippen LogP) is 2.06.